The molecular weight excluding hydrogens is 393 g/mol. The Morgan fingerprint density at radius 2 is 2.14 bits per heavy atom. The maximum Gasteiger partial charge on any atom is 0.118 e. The van der Waals surface area contributed by atoms with Gasteiger partial charge in [0.15, 0.2) is 0 Å². The number of nitrogens with one attached hydrogen (secondary N) is 1. The molecule has 2 aromatic rings. The molecule has 0 spiro atoms. The molecule has 0 saturated carbocycles. The van der Waals surface area contributed by atoms with E-state index in [9.17, 15) is 0 Å². The summed E-state index contributed by atoms with van der Waals surface area (Å²) in [7, 11) is 1.71. The van der Waals surface area contributed by atoms with Gasteiger partial charge in [-0.2, -0.15) is 0 Å². The fourth-order valence-corrected chi connectivity index (χ4v) is 5.04. The van der Waals surface area contributed by atoms with Crippen LogP contribution in [-0.2, 0) is 12.8 Å². The van der Waals surface area contributed by atoms with Crippen molar-refractivity contribution in [1.29, 1.82) is 0 Å². The van der Waals surface area contributed by atoms with Crippen molar-refractivity contribution in [2.24, 2.45) is 0 Å². The molecule has 1 heterocycles. The molecule has 3 rings (SSSR count). The van der Waals surface area contributed by atoms with Gasteiger partial charge in [0.2, 0.25) is 0 Å². The molecule has 112 valence electrons. The highest BCUT2D eigenvalue weighted by Gasteiger charge is 2.21. The summed E-state index contributed by atoms with van der Waals surface area (Å²) in [6.07, 6.45) is 4.91. The van der Waals surface area contributed by atoms with E-state index in [0.29, 0.717) is 6.04 Å². The Labute approximate surface area is 144 Å². The van der Waals surface area contributed by atoms with Gasteiger partial charge >= 0.3 is 0 Å². The average Bonchev–Trinajstić information content (AvgIpc) is 2.89. The second-order valence-corrected chi connectivity index (χ2v) is 8.46. The Hall–Kier alpha value is -0.590. The molecule has 1 unspecified atom stereocenters. The second kappa shape index (κ2) is 7.11. The fourth-order valence-electron chi connectivity index (χ4n) is 2.92. The average molecular weight is 413 g/mol. The van der Waals surface area contributed by atoms with Crippen molar-refractivity contribution in [3.63, 3.8) is 0 Å². The van der Waals surface area contributed by atoms with Crippen molar-refractivity contribution in [3.8, 4) is 5.75 Å². The first kappa shape index (κ1) is 15.3. The van der Waals surface area contributed by atoms with Crippen LogP contribution in [0.1, 0.15) is 34.9 Å². The Morgan fingerprint density at radius 1 is 1.33 bits per heavy atom. The summed E-state index contributed by atoms with van der Waals surface area (Å²) < 4.78 is 6.61. The Bertz CT molecular complexity index is 593. The van der Waals surface area contributed by atoms with Crippen LogP contribution < -0.4 is 10.1 Å². The molecule has 1 atom stereocenters. The van der Waals surface area contributed by atoms with E-state index in [1.807, 2.05) is 23.5 Å². The molecule has 1 N–H and O–H groups in total. The van der Waals surface area contributed by atoms with E-state index in [1.165, 1.54) is 27.7 Å². The number of hydrogen-bond donors (Lipinski definition) is 1. The smallest absolute Gasteiger partial charge is 0.118 e. The molecular formula is C17H20INOS. The Kier molecular flexibility index (Phi) is 5.19. The zero-order valence-electron chi connectivity index (χ0n) is 12.2. The topological polar surface area (TPSA) is 21.3 Å². The van der Waals surface area contributed by atoms with Crippen molar-refractivity contribution in [2.45, 2.75) is 31.7 Å². The van der Waals surface area contributed by atoms with Gasteiger partial charge in [-0.05, 0) is 84.1 Å². The van der Waals surface area contributed by atoms with Gasteiger partial charge in [0.05, 0.1) is 9.99 Å². The molecule has 0 saturated heterocycles. The van der Waals surface area contributed by atoms with E-state index >= 15 is 0 Å². The zero-order valence-corrected chi connectivity index (χ0v) is 15.2. The van der Waals surface area contributed by atoms with E-state index in [0.717, 1.165) is 18.7 Å². The predicted molar refractivity (Wildman–Crippen MR) is 97.4 cm³/mol. The van der Waals surface area contributed by atoms with Crippen LogP contribution in [0.4, 0.5) is 0 Å². The minimum absolute atomic E-state index is 0.548. The number of aryl methyl sites for hydroxylation is 1. The summed E-state index contributed by atoms with van der Waals surface area (Å²) >= 11 is 4.40. The highest BCUT2D eigenvalue weighted by molar-refractivity contribution is 14.1. The summed E-state index contributed by atoms with van der Waals surface area (Å²) in [4.78, 5) is 1.59. The number of thiophene rings is 1. The van der Waals surface area contributed by atoms with E-state index in [2.05, 4.69) is 46.1 Å². The van der Waals surface area contributed by atoms with Crippen LogP contribution in [-0.4, -0.2) is 13.7 Å². The van der Waals surface area contributed by atoms with E-state index < -0.39 is 0 Å². The van der Waals surface area contributed by atoms with Crippen LogP contribution in [0.3, 0.4) is 0 Å². The molecule has 2 nitrogen and oxygen atoms in total. The van der Waals surface area contributed by atoms with Crippen LogP contribution in [0, 0.1) is 2.88 Å². The molecule has 4 heteroatoms. The highest BCUT2D eigenvalue weighted by Crippen LogP contribution is 2.36. The molecule has 0 bridgehead atoms. The molecule has 1 aromatic carbocycles. The zero-order chi connectivity index (χ0) is 14.7. The fraction of sp³-hybridized carbons (Fsp3) is 0.412. The normalized spacial score (nSPS) is 17.5. The molecule has 1 aromatic heterocycles. The van der Waals surface area contributed by atoms with Crippen LogP contribution in [0.25, 0.3) is 0 Å². The van der Waals surface area contributed by atoms with Gasteiger partial charge in [-0.25, -0.2) is 0 Å². The summed E-state index contributed by atoms with van der Waals surface area (Å²) in [5, 5.41) is 3.74. The maximum atomic E-state index is 5.20. The minimum Gasteiger partial charge on any atom is -0.497 e. The standard InChI is InChI=1S/C17H20INOS/c1-20-13-7-5-12(6-8-13)9-10-19-15-3-2-4-16-14(15)11-17(18)21-16/h5-8,11,15,19H,2-4,9-10H2,1H3. The lowest BCUT2D eigenvalue weighted by molar-refractivity contribution is 0.414. The predicted octanol–water partition coefficient (Wildman–Crippen LogP) is 4.57. The van der Waals surface area contributed by atoms with Gasteiger partial charge in [-0.3, -0.25) is 0 Å². The number of ether oxygens (including phenoxy) is 1. The SMILES string of the molecule is COc1ccc(CCNC2CCCc3sc(I)cc32)cc1. The minimum atomic E-state index is 0.548. The first-order valence-corrected chi connectivity index (χ1v) is 9.30. The number of hydrogen-bond acceptors (Lipinski definition) is 3. The molecule has 0 aliphatic heterocycles. The van der Waals surface area contributed by atoms with Gasteiger partial charge in [-0.1, -0.05) is 12.1 Å². The third-order valence-electron chi connectivity index (χ3n) is 4.05. The summed E-state index contributed by atoms with van der Waals surface area (Å²) in [6.45, 7) is 1.03. The molecule has 1 aliphatic carbocycles. The highest BCUT2D eigenvalue weighted by atomic mass is 127. The number of benzene rings is 1. The Balaban J connectivity index is 1.56. The van der Waals surface area contributed by atoms with Crippen molar-refractivity contribution < 1.29 is 4.74 Å². The van der Waals surface area contributed by atoms with Crippen LogP contribution in [0.15, 0.2) is 30.3 Å². The van der Waals surface area contributed by atoms with Crippen molar-refractivity contribution in [2.75, 3.05) is 13.7 Å². The van der Waals surface area contributed by atoms with E-state index in [-0.39, 0.29) is 0 Å². The van der Waals surface area contributed by atoms with Crippen LogP contribution >= 0.6 is 33.9 Å². The lowest BCUT2D eigenvalue weighted by Crippen LogP contribution is -2.26. The van der Waals surface area contributed by atoms with Gasteiger partial charge in [0.1, 0.15) is 5.75 Å². The monoisotopic (exact) mass is 413 g/mol. The lowest BCUT2D eigenvalue weighted by atomic mass is 9.94. The van der Waals surface area contributed by atoms with Crippen LogP contribution in [0.5, 0.6) is 5.75 Å². The van der Waals surface area contributed by atoms with Crippen LogP contribution in [0.2, 0.25) is 0 Å². The molecule has 0 radical (unpaired) electrons. The number of halogens is 1. The molecule has 0 amide bonds. The first-order chi connectivity index (χ1) is 10.3. The van der Waals surface area contributed by atoms with E-state index in [1.54, 1.807) is 17.6 Å². The van der Waals surface area contributed by atoms with Crippen molar-refractivity contribution in [3.05, 3.63) is 49.2 Å². The van der Waals surface area contributed by atoms with Gasteiger partial charge in [0.25, 0.3) is 0 Å². The molecule has 1 aliphatic rings. The Morgan fingerprint density at radius 3 is 2.90 bits per heavy atom. The van der Waals surface area contributed by atoms with Gasteiger partial charge in [0, 0.05) is 10.9 Å². The van der Waals surface area contributed by atoms with Crippen molar-refractivity contribution >= 4 is 33.9 Å². The number of rotatable bonds is 5. The third kappa shape index (κ3) is 3.79. The molecule has 0 fully saturated rings. The maximum absolute atomic E-state index is 5.20. The molecule has 21 heavy (non-hydrogen) atoms. The van der Waals surface area contributed by atoms with Crippen molar-refractivity contribution in [1.82, 2.24) is 5.32 Å². The summed E-state index contributed by atoms with van der Waals surface area (Å²) in [5.41, 5.74) is 2.91. The lowest BCUT2D eigenvalue weighted by Gasteiger charge is -2.23. The second-order valence-electron chi connectivity index (χ2n) is 5.43. The number of methoxy groups -OCH3 is 1. The van der Waals surface area contributed by atoms with Gasteiger partial charge in [-0.15, -0.1) is 11.3 Å². The van der Waals surface area contributed by atoms with Gasteiger partial charge < -0.3 is 10.1 Å². The van der Waals surface area contributed by atoms with E-state index in [4.69, 9.17) is 4.74 Å². The number of fused-ring (bicyclic) bond motifs is 1. The summed E-state index contributed by atoms with van der Waals surface area (Å²) in [6, 6.07) is 11.3. The first-order valence-electron chi connectivity index (χ1n) is 7.40. The quantitative estimate of drug-likeness (QED) is 0.726. The largest absolute Gasteiger partial charge is 0.497 e. The third-order valence-corrected chi connectivity index (χ3v) is 6.02. The summed E-state index contributed by atoms with van der Waals surface area (Å²) in [5.74, 6) is 0.927.